The molecule has 8 bridgehead atoms. The zero-order chi connectivity index (χ0) is 21.2. The zero-order valence-corrected chi connectivity index (χ0v) is 20.1. The highest BCUT2D eigenvalue weighted by molar-refractivity contribution is 5.54. The van der Waals surface area contributed by atoms with E-state index in [9.17, 15) is 5.11 Å². The van der Waals surface area contributed by atoms with Gasteiger partial charge < -0.3 is 5.11 Å². The van der Waals surface area contributed by atoms with Gasteiger partial charge in [0, 0.05) is 11.1 Å². The Hall–Kier alpha value is -0.980. The number of hydrogen-bond donors (Lipinski definition) is 1. The van der Waals surface area contributed by atoms with Crippen LogP contribution in [0.4, 0.5) is 0 Å². The van der Waals surface area contributed by atoms with Gasteiger partial charge in [0.2, 0.25) is 0 Å². The molecule has 0 spiro atoms. The zero-order valence-electron chi connectivity index (χ0n) is 20.1. The van der Waals surface area contributed by atoms with Crippen LogP contribution < -0.4 is 0 Å². The summed E-state index contributed by atoms with van der Waals surface area (Å²) in [5, 5.41) is 12.1. The molecule has 8 saturated carbocycles. The third-order valence-electron chi connectivity index (χ3n) is 11.2. The Morgan fingerprint density at radius 3 is 1.16 bits per heavy atom. The minimum atomic E-state index is 0.141. The van der Waals surface area contributed by atoms with Gasteiger partial charge in [-0.05, 0) is 134 Å². The molecule has 0 aliphatic heterocycles. The molecule has 0 radical (unpaired) electrons. The molecule has 0 amide bonds. The molecule has 0 atom stereocenters. The lowest BCUT2D eigenvalue weighted by Gasteiger charge is -2.59. The fraction of sp³-hybridized carbons (Fsp3) is 0.800. The molecule has 1 nitrogen and oxygen atoms in total. The third-order valence-corrected chi connectivity index (χ3v) is 11.2. The van der Waals surface area contributed by atoms with E-state index in [-0.39, 0.29) is 16.2 Å². The average Bonchev–Trinajstić information content (AvgIpc) is 2.64. The van der Waals surface area contributed by atoms with Crippen LogP contribution in [-0.2, 0) is 16.2 Å². The maximum Gasteiger partial charge on any atom is 0.123 e. The maximum atomic E-state index is 12.1. The Kier molecular flexibility index (Phi) is 3.85. The number of phenols is 1. The predicted molar refractivity (Wildman–Crippen MR) is 127 cm³/mol. The summed E-state index contributed by atoms with van der Waals surface area (Å²) < 4.78 is 0. The van der Waals surface area contributed by atoms with E-state index in [4.69, 9.17) is 0 Å². The standard InChI is InChI=1S/C30H42O/c1-28(2,3)24-10-25(29-12-18-4-19(13-29)6-20(5-18)14-29)27(31)26(11-24)30-15-21-7-22(16-30)9-23(8-21)17-30/h10-11,18-23,31H,4-9,12-17H2,1-3H3. The molecule has 1 aromatic carbocycles. The predicted octanol–water partition coefficient (Wildman–Crippen LogP) is 7.63. The van der Waals surface area contributed by atoms with Crippen LogP contribution in [0.25, 0.3) is 0 Å². The van der Waals surface area contributed by atoms with E-state index < -0.39 is 0 Å². The second kappa shape index (κ2) is 6.12. The Morgan fingerprint density at radius 1 is 0.613 bits per heavy atom. The van der Waals surface area contributed by atoms with Crippen LogP contribution in [0.2, 0.25) is 0 Å². The first-order valence-corrected chi connectivity index (χ1v) is 13.6. The van der Waals surface area contributed by atoms with Crippen molar-refractivity contribution in [2.75, 3.05) is 0 Å². The Balaban J connectivity index is 1.40. The molecule has 0 saturated heterocycles. The summed E-state index contributed by atoms with van der Waals surface area (Å²) in [6.07, 6.45) is 16.9. The highest BCUT2D eigenvalue weighted by Gasteiger charge is 2.55. The van der Waals surface area contributed by atoms with Crippen molar-refractivity contribution < 1.29 is 5.11 Å². The minimum Gasteiger partial charge on any atom is -0.507 e. The molecule has 8 aliphatic carbocycles. The van der Waals surface area contributed by atoms with Gasteiger partial charge in [-0.1, -0.05) is 32.9 Å². The van der Waals surface area contributed by atoms with E-state index in [0.29, 0.717) is 0 Å². The number of rotatable bonds is 2. The minimum absolute atomic E-state index is 0.141. The van der Waals surface area contributed by atoms with Crippen molar-refractivity contribution >= 4 is 0 Å². The highest BCUT2D eigenvalue weighted by atomic mass is 16.3. The van der Waals surface area contributed by atoms with Crippen molar-refractivity contribution in [1.82, 2.24) is 0 Å². The highest BCUT2D eigenvalue weighted by Crippen LogP contribution is 2.65. The normalized spacial score (nSPS) is 47.3. The fourth-order valence-corrected chi connectivity index (χ4v) is 10.8. The molecular weight excluding hydrogens is 376 g/mol. The molecule has 168 valence electrons. The van der Waals surface area contributed by atoms with Gasteiger partial charge in [-0.3, -0.25) is 0 Å². The molecule has 0 heterocycles. The van der Waals surface area contributed by atoms with Crippen LogP contribution in [-0.4, -0.2) is 5.11 Å². The van der Waals surface area contributed by atoms with E-state index >= 15 is 0 Å². The monoisotopic (exact) mass is 418 g/mol. The Morgan fingerprint density at radius 2 is 0.903 bits per heavy atom. The largest absolute Gasteiger partial charge is 0.507 e. The smallest absolute Gasteiger partial charge is 0.123 e. The first-order valence-electron chi connectivity index (χ1n) is 13.6. The van der Waals surface area contributed by atoms with Crippen molar-refractivity contribution in [2.24, 2.45) is 35.5 Å². The molecule has 1 N–H and O–H groups in total. The second-order valence-electron chi connectivity index (χ2n) is 14.6. The van der Waals surface area contributed by atoms with Crippen LogP contribution in [0.5, 0.6) is 5.75 Å². The maximum absolute atomic E-state index is 12.1. The lowest BCUT2D eigenvalue weighted by Crippen LogP contribution is -2.50. The third kappa shape index (κ3) is 2.80. The molecule has 0 aromatic heterocycles. The molecular formula is C30H42O. The van der Waals surface area contributed by atoms with Crippen molar-refractivity contribution in [3.05, 3.63) is 28.8 Å². The summed E-state index contributed by atoms with van der Waals surface area (Å²) in [5.41, 5.74) is 4.96. The molecule has 8 fully saturated rings. The van der Waals surface area contributed by atoms with Crippen LogP contribution in [0.15, 0.2) is 12.1 Å². The lowest BCUT2D eigenvalue weighted by molar-refractivity contribution is -0.0104. The van der Waals surface area contributed by atoms with E-state index in [1.165, 1.54) is 93.7 Å². The molecule has 1 heteroatoms. The Bertz CT molecular complexity index is 779. The summed E-state index contributed by atoms with van der Waals surface area (Å²) in [4.78, 5) is 0. The molecule has 8 aliphatic rings. The van der Waals surface area contributed by atoms with Gasteiger partial charge in [-0.2, -0.15) is 0 Å². The van der Waals surface area contributed by atoms with E-state index in [1.807, 2.05) is 0 Å². The van der Waals surface area contributed by atoms with Crippen molar-refractivity contribution in [3.63, 3.8) is 0 Å². The average molecular weight is 419 g/mol. The molecule has 9 rings (SSSR count). The van der Waals surface area contributed by atoms with Gasteiger partial charge in [-0.15, -0.1) is 0 Å². The molecule has 0 unspecified atom stereocenters. The van der Waals surface area contributed by atoms with E-state index in [0.717, 1.165) is 41.3 Å². The summed E-state index contributed by atoms with van der Waals surface area (Å²) in [6.45, 7) is 7.14. The van der Waals surface area contributed by atoms with Crippen molar-refractivity contribution in [2.45, 2.75) is 114 Å². The first kappa shape index (κ1) is 19.5. The van der Waals surface area contributed by atoms with Crippen LogP contribution >= 0.6 is 0 Å². The summed E-state index contributed by atoms with van der Waals surface area (Å²) in [7, 11) is 0. The van der Waals surface area contributed by atoms with Gasteiger partial charge in [0.05, 0.1) is 0 Å². The summed E-state index contributed by atoms with van der Waals surface area (Å²) in [5.74, 6) is 6.30. The van der Waals surface area contributed by atoms with E-state index in [2.05, 4.69) is 32.9 Å². The summed E-state index contributed by atoms with van der Waals surface area (Å²) >= 11 is 0. The van der Waals surface area contributed by atoms with Gasteiger partial charge in [0.25, 0.3) is 0 Å². The number of benzene rings is 1. The van der Waals surface area contributed by atoms with Gasteiger partial charge in [0.1, 0.15) is 5.75 Å². The Labute approximate surface area is 189 Å². The first-order chi connectivity index (χ1) is 14.7. The quantitative estimate of drug-likeness (QED) is 0.523. The van der Waals surface area contributed by atoms with Gasteiger partial charge in [-0.25, -0.2) is 0 Å². The van der Waals surface area contributed by atoms with Crippen molar-refractivity contribution in [3.8, 4) is 5.75 Å². The topological polar surface area (TPSA) is 20.2 Å². The van der Waals surface area contributed by atoms with E-state index in [1.54, 1.807) is 0 Å². The van der Waals surface area contributed by atoms with Crippen LogP contribution in [0.1, 0.15) is 115 Å². The molecule has 1 aromatic rings. The second-order valence-corrected chi connectivity index (χ2v) is 14.6. The molecule has 31 heavy (non-hydrogen) atoms. The van der Waals surface area contributed by atoms with Gasteiger partial charge >= 0.3 is 0 Å². The number of phenolic OH excluding ortho intramolecular Hbond substituents is 1. The van der Waals surface area contributed by atoms with Crippen molar-refractivity contribution in [1.29, 1.82) is 0 Å². The lowest BCUT2D eigenvalue weighted by atomic mass is 9.46. The van der Waals surface area contributed by atoms with Gasteiger partial charge in [0.15, 0.2) is 0 Å². The number of hydrogen-bond acceptors (Lipinski definition) is 1. The summed E-state index contributed by atoms with van der Waals surface area (Å²) in [6, 6.07) is 4.99. The SMILES string of the molecule is CC(C)(C)c1cc(C23CC4CC(CC(C4)C2)C3)c(O)c(C23CC4CC(CC(C4)C2)C3)c1. The van der Waals surface area contributed by atoms with Crippen LogP contribution in [0.3, 0.4) is 0 Å². The number of aromatic hydroxyl groups is 1. The fourth-order valence-electron chi connectivity index (χ4n) is 10.8. The van der Waals surface area contributed by atoms with Crippen LogP contribution in [0, 0.1) is 35.5 Å².